The van der Waals surface area contributed by atoms with E-state index in [1.807, 2.05) is 0 Å². The van der Waals surface area contributed by atoms with Crippen LogP contribution >= 0.6 is 0 Å². The summed E-state index contributed by atoms with van der Waals surface area (Å²) in [6, 6.07) is 9.85. The zero-order valence-corrected chi connectivity index (χ0v) is 20.4. The Kier molecular flexibility index (Phi) is 8.27. The number of amides is 2. The lowest BCUT2D eigenvalue weighted by atomic mass is 9.93. The number of nitro benzene ring substituents is 1. The minimum absolute atomic E-state index is 0.0683. The smallest absolute Gasteiger partial charge is 0.335 e. The van der Waals surface area contributed by atoms with Gasteiger partial charge in [0.25, 0.3) is 5.69 Å². The molecule has 2 amide bonds. The van der Waals surface area contributed by atoms with Gasteiger partial charge in [-0.3, -0.25) is 10.1 Å². The predicted molar refractivity (Wildman–Crippen MR) is 129 cm³/mol. The number of carboxylic acid groups (broad SMARTS) is 1. The van der Waals surface area contributed by atoms with Gasteiger partial charge in [-0.05, 0) is 49.7 Å². The molecule has 0 saturated heterocycles. The number of sulfone groups is 1. The quantitative estimate of drug-likeness (QED) is 0.230. The van der Waals surface area contributed by atoms with E-state index < -0.39 is 32.8 Å². The van der Waals surface area contributed by atoms with Crippen molar-refractivity contribution in [2.75, 3.05) is 26.1 Å². The molecule has 1 atom stereocenters. The molecule has 3 rings (SSSR count). The standard InChI is InChI=1S/C23H26N4O8S/c1-15-20(22(28)29)21(16-5-3-6-17(13-16)27(31)32)26(23(30)25-15)12-4-11-24-14-36(33,34)19-9-7-18(35-2)8-10-19/h3,5-10,13,21,24H,4,11-12,14H2,1-2H3,(H,25,30)(H,28,29). The van der Waals surface area contributed by atoms with Crippen molar-refractivity contribution in [1.82, 2.24) is 15.5 Å². The highest BCUT2D eigenvalue weighted by Crippen LogP contribution is 2.35. The third-order valence-corrected chi connectivity index (χ3v) is 7.21. The van der Waals surface area contributed by atoms with Gasteiger partial charge in [0.05, 0.1) is 28.5 Å². The van der Waals surface area contributed by atoms with E-state index in [1.54, 1.807) is 12.1 Å². The topological polar surface area (TPSA) is 168 Å². The molecule has 0 aromatic heterocycles. The molecule has 0 radical (unpaired) electrons. The maximum atomic E-state index is 12.8. The molecular formula is C23H26N4O8S. The summed E-state index contributed by atoms with van der Waals surface area (Å²) in [6.07, 6.45) is 0.295. The van der Waals surface area contributed by atoms with Crippen LogP contribution in [0.3, 0.4) is 0 Å². The van der Waals surface area contributed by atoms with Crippen molar-refractivity contribution in [2.24, 2.45) is 0 Å². The van der Waals surface area contributed by atoms with Gasteiger partial charge < -0.3 is 25.4 Å². The molecule has 1 aliphatic heterocycles. The van der Waals surface area contributed by atoms with Crippen molar-refractivity contribution in [3.05, 3.63) is 75.5 Å². The van der Waals surface area contributed by atoms with Crippen molar-refractivity contribution in [3.8, 4) is 5.75 Å². The number of rotatable bonds is 11. The molecule has 2 aromatic carbocycles. The maximum Gasteiger partial charge on any atom is 0.335 e. The van der Waals surface area contributed by atoms with Crippen LogP contribution in [0.1, 0.15) is 24.9 Å². The summed E-state index contributed by atoms with van der Waals surface area (Å²) in [5.74, 6) is -1.07. The maximum absolute atomic E-state index is 12.8. The largest absolute Gasteiger partial charge is 0.497 e. The second kappa shape index (κ2) is 11.2. The molecule has 3 N–H and O–H groups in total. The second-order valence-electron chi connectivity index (χ2n) is 8.01. The Hall–Kier alpha value is -3.97. The molecule has 192 valence electrons. The summed E-state index contributed by atoms with van der Waals surface area (Å²) in [5.41, 5.74) is 0.0891. The fourth-order valence-electron chi connectivity index (χ4n) is 3.89. The number of nitrogens with one attached hydrogen (secondary N) is 2. The lowest BCUT2D eigenvalue weighted by molar-refractivity contribution is -0.384. The van der Waals surface area contributed by atoms with Crippen LogP contribution in [0.2, 0.25) is 0 Å². The van der Waals surface area contributed by atoms with Gasteiger partial charge in [0.1, 0.15) is 11.6 Å². The molecule has 13 heteroatoms. The molecule has 2 aromatic rings. The van der Waals surface area contributed by atoms with Crippen LogP contribution in [0, 0.1) is 10.1 Å². The molecule has 12 nitrogen and oxygen atoms in total. The molecule has 0 bridgehead atoms. The Morgan fingerprint density at radius 1 is 1.25 bits per heavy atom. The summed E-state index contributed by atoms with van der Waals surface area (Å²) >= 11 is 0. The Morgan fingerprint density at radius 2 is 1.94 bits per heavy atom. The number of ether oxygens (including phenoxy) is 1. The number of nitrogens with zero attached hydrogens (tertiary/aromatic N) is 2. The monoisotopic (exact) mass is 518 g/mol. The van der Waals surface area contributed by atoms with Crippen molar-refractivity contribution in [2.45, 2.75) is 24.3 Å². The van der Waals surface area contributed by atoms with Gasteiger partial charge in [-0.15, -0.1) is 0 Å². The number of carbonyl (C=O) groups excluding carboxylic acids is 1. The molecule has 36 heavy (non-hydrogen) atoms. The van der Waals surface area contributed by atoms with Crippen LogP contribution in [0.15, 0.2) is 64.7 Å². The van der Waals surface area contributed by atoms with Crippen molar-refractivity contribution < 1.29 is 32.8 Å². The zero-order valence-electron chi connectivity index (χ0n) is 19.6. The fourth-order valence-corrected chi connectivity index (χ4v) is 5.02. The van der Waals surface area contributed by atoms with Gasteiger partial charge in [0, 0.05) is 24.4 Å². The van der Waals surface area contributed by atoms with Crippen LogP contribution in [0.25, 0.3) is 0 Å². The molecule has 0 aliphatic carbocycles. The number of carboxylic acids is 1. The highest BCUT2D eigenvalue weighted by atomic mass is 32.2. The van der Waals surface area contributed by atoms with Gasteiger partial charge in [-0.2, -0.15) is 0 Å². The van der Waals surface area contributed by atoms with Crippen molar-refractivity contribution in [1.29, 1.82) is 0 Å². The van der Waals surface area contributed by atoms with Crippen LogP contribution in [0.5, 0.6) is 5.75 Å². The number of aliphatic carboxylic acids is 1. The highest BCUT2D eigenvalue weighted by molar-refractivity contribution is 7.91. The SMILES string of the molecule is COc1ccc(S(=O)(=O)CNCCCN2C(=O)NC(C)=C(C(=O)O)C2c2cccc([N+](=O)[O-])c2)cc1. The Bertz CT molecular complexity index is 1290. The normalized spacial score (nSPS) is 16.0. The summed E-state index contributed by atoms with van der Waals surface area (Å²) < 4.78 is 30.1. The first-order valence-electron chi connectivity index (χ1n) is 10.9. The van der Waals surface area contributed by atoms with Gasteiger partial charge in [-0.1, -0.05) is 12.1 Å². The van der Waals surface area contributed by atoms with E-state index in [0.29, 0.717) is 12.2 Å². The first kappa shape index (κ1) is 26.6. The minimum Gasteiger partial charge on any atom is -0.497 e. The number of allylic oxidation sites excluding steroid dienone is 1. The van der Waals surface area contributed by atoms with Crippen LogP contribution in [0.4, 0.5) is 10.5 Å². The first-order chi connectivity index (χ1) is 17.0. The lowest BCUT2D eigenvalue weighted by Gasteiger charge is -2.37. The van der Waals surface area contributed by atoms with Crippen LogP contribution in [-0.2, 0) is 14.6 Å². The van der Waals surface area contributed by atoms with Crippen molar-refractivity contribution in [3.63, 3.8) is 0 Å². The number of hydrogen-bond donors (Lipinski definition) is 3. The zero-order chi connectivity index (χ0) is 26.5. The van der Waals surface area contributed by atoms with Gasteiger partial charge in [-0.25, -0.2) is 18.0 Å². The van der Waals surface area contributed by atoms with Crippen LogP contribution < -0.4 is 15.4 Å². The number of non-ortho nitro benzene ring substituents is 1. The van der Waals surface area contributed by atoms with Gasteiger partial charge in [0.15, 0.2) is 9.84 Å². The number of urea groups is 1. The average Bonchev–Trinajstić information content (AvgIpc) is 2.84. The van der Waals surface area contributed by atoms with Crippen molar-refractivity contribution >= 4 is 27.5 Å². The highest BCUT2D eigenvalue weighted by Gasteiger charge is 2.38. The average molecular weight is 519 g/mol. The molecule has 0 saturated carbocycles. The number of carbonyl (C=O) groups is 2. The lowest BCUT2D eigenvalue weighted by Crippen LogP contribution is -2.49. The third-order valence-electron chi connectivity index (χ3n) is 5.63. The van der Waals surface area contributed by atoms with E-state index in [9.17, 15) is 33.2 Å². The second-order valence-corrected chi connectivity index (χ2v) is 10.00. The molecule has 1 heterocycles. The molecular weight excluding hydrogens is 492 g/mol. The van der Waals surface area contributed by atoms with E-state index in [-0.39, 0.29) is 46.4 Å². The summed E-state index contributed by atoms with van der Waals surface area (Å²) in [4.78, 5) is 36.8. The number of nitro groups is 1. The number of hydrogen-bond acceptors (Lipinski definition) is 8. The Balaban J connectivity index is 1.72. The Labute approximate surface area is 207 Å². The molecule has 1 aliphatic rings. The molecule has 0 fully saturated rings. The number of methoxy groups -OCH3 is 1. The van der Waals surface area contributed by atoms with Gasteiger partial charge >= 0.3 is 12.0 Å². The summed E-state index contributed by atoms with van der Waals surface area (Å²) in [5, 5.41) is 26.4. The predicted octanol–water partition coefficient (Wildman–Crippen LogP) is 2.44. The van der Waals surface area contributed by atoms with E-state index in [0.717, 1.165) is 0 Å². The minimum atomic E-state index is -3.60. The summed E-state index contributed by atoms with van der Waals surface area (Å²) in [7, 11) is -2.12. The molecule has 1 unspecified atom stereocenters. The summed E-state index contributed by atoms with van der Waals surface area (Å²) in [6.45, 7) is 1.74. The molecule has 0 spiro atoms. The van der Waals surface area contributed by atoms with E-state index >= 15 is 0 Å². The van der Waals surface area contributed by atoms with E-state index in [4.69, 9.17) is 4.74 Å². The van der Waals surface area contributed by atoms with Crippen LogP contribution in [-0.4, -0.2) is 61.4 Å². The number of benzene rings is 2. The Morgan fingerprint density at radius 3 is 2.56 bits per heavy atom. The third kappa shape index (κ3) is 5.98. The van der Waals surface area contributed by atoms with E-state index in [1.165, 1.54) is 55.3 Å². The van der Waals surface area contributed by atoms with Gasteiger partial charge in [0.2, 0.25) is 0 Å². The first-order valence-corrected chi connectivity index (χ1v) is 12.5. The van der Waals surface area contributed by atoms with E-state index in [2.05, 4.69) is 10.6 Å². The fraction of sp³-hybridized carbons (Fsp3) is 0.304.